The molecule has 0 bridgehead atoms. The van der Waals surface area contributed by atoms with Gasteiger partial charge in [0.05, 0.1) is 10.9 Å². The van der Waals surface area contributed by atoms with Crippen molar-refractivity contribution in [2.24, 2.45) is 0 Å². The highest BCUT2D eigenvalue weighted by molar-refractivity contribution is 7.92. The molecule has 1 aromatic heterocycles. The van der Waals surface area contributed by atoms with Crippen molar-refractivity contribution in [3.05, 3.63) is 102 Å². The zero-order chi connectivity index (χ0) is 25.2. The van der Waals surface area contributed by atoms with E-state index in [4.69, 9.17) is 0 Å². The van der Waals surface area contributed by atoms with Crippen molar-refractivity contribution in [1.82, 2.24) is 9.97 Å². The zero-order valence-electron chi connectivity index (χ0n) is 18.8. The number of halogens is 3. The molecular weight excluding hydrogens is 477 g/mol. The maximum Gasteiger partial charge on any atom is 0.263 e. The standard InChI is InChI=1S/C25H21F3N4O2S/c1-15-11-19(7-8-23(15)28)18-5-3-17(4-6-18)16(2)30-25-29-10-9-24(31-25)32-35(33,34)22-13-20(26)12-21(27)14-22/h3-14,16H,1-2H3,(H2,29,30,31,32)/t16-/m0/s1. The Balaban J connectivity index is 1.47. The lowest BCUT2D eigenvalue weighted by Crippen LogP contribution is -2.16. The molecule has 2 N–H and O–H groups in total. The largest absolute Gasteiger partial charge is 0.348 e. The van der Waals surface area contributed by atoms with E-state index in [9.17, 15) is 21.6 Å². The number of anilines is 2. The fraction of sp³-hybridized carbons (Fsp3) is 0.120. The molecule has 10 heteroatoms. The third kappa shape index (κ3) is 5.78. The smallest absolute Gasteiger partial charge is 0.263 e. The Morgan fingerprint density at radius 1 is 0.857 bits per heavy atom. The average Bonchev–Trinajstić information content (AvgIpc) is 2.80. The molecule has 1 atom stereocenters. The molecule has 0 amide bonds. The number of sulfonamides is 1. The Morgan fingerprint density at radius 2 is 1.51 bits per heavy atom. The van der Waals surface area contributed by atoms with Crippen LogP contribution in [0.3, 0.4) is 0 Å². The fourth-order valence-electron chi connectivity index (χ4n) is 3.43. The highest BCUT2D eigenvalue weighted by Gasteiger charge is 2.18. The van der Waals surface area contributed by atoms with Gasteiger partial charge in [0.2, 0.25) is 5.95 Å². The molecule has 0 aliphatic carbocycles. The number of hydrogen-bond donors (Lipinski definition) is 2. The highest BCUT2D eigenvalue weighted by atomic mass is 32.2. The summed E-state index contributed by atoms with van der Waals surface area (Å²) >= 11 is 0. The number of benzene rings is 3. The normalized spacial score (nSPS) is 12.3. The van der Waals surface area contributed by atoms with E-state index in [0.717, 1.165) is 16.7 Å². The molecule has 0 saturated carbocycles. The van der Waals surface area contributed by atoms with E-state index in [1.54, 1.807) is 19.1 Å². The summed E-state index contributed by atoms with van der Waals surface area (Å²) in [6.45, 7) is 3.59. The van der Waals surface area contributed by atoms with Crippen molar-refractivity contribution in [2.45, 2.75) is 24.8 Å². The molecule has 3 aromatic carbocycles. The van der Waals surface area contributed by atoms with Crippen molar-refractivity contribution in [3.63, 3.8) is 0 Å². The Morgan fingerprint density at radius 3 is 2.17 bits per heavy atom. The quantitative estimate of drug-likeness (QED) is 0.334. The second-order valence-electron chi connectivity index (χ2n) is 7.93. The molecule has 4 rings (SSSR count). The molecule has 6 nitrogen and oxygen atoms in total. The summed E-state index contributed by atoms with van der Waals surface area (Å²) in [7, 11) is -4.26. The first-order valence-electron chi connectivity index (χ1n) is 10.6. The van der Waals surface area contributed by atoms with Crippen LogP contribution in [0, 0.1) is 24.4 Å². The monoisotopic (exact) mass is 498 g/mol. The van der Waals surface area contributed by atoms with Gasteiger partial charge in [-0.25, -0.2) is 26.6 Å². The third-order valence-corrected chi connectivity index (χ3v) is 6.62. The van der Waals surface area contributed by atoms with E-state index >= 15 is 0 Å². The zero-order valence-corrected chi connectivity index (χ0v) is 19.6. The van der Waals surface area contributed by atoms with Gasteiger partial charge in [0.1, 0.15) is 23.3 Å². The lowest BCUT2D eigenvalue weighted by atomic mass is 10.00. The topological polar surface area (TPSA) is 84.0 Å². The summed E-state index contributed by atoms with van der Waals surface area (Å²) in [5.41, 5.74) is 3.32. The molecule has 0 radical (unpaired) electrons. The third-order valence-electron chi connectivity index (χ3n) is 5.29. The van der Waals surface area contributed by atoms with Crippen LogP contribution >= 0.6 is 0 Å². The number of aryl methyl sites for hydroxylation is 1. The van der Waals surface area contributed by atoms with Crippen molar-refractivity contribution >= 4 is 21.8 Å². The van der Waals surface area contributed by atoms with Gasteiger partial charge in [-0.2, -0.15) is 4.98 Å². The van der Waals surface area contributed by atoms with Crippen molar-refractivity contribution in [3.8, 4) is 11.1 Å². The van der Waals surface area contributed by atoms with Gasteiger partial charge in [-0.1, -0.05) is 30.3 Å². The van der Waals surface area contributed by atoms with Crippen LogP contribution in [0.2, 0.25) is 0 Å². The predicted molar refractivity (Wildman–Crippen MR) is 128 cm³/mol. The Bertz CT molecular complexity index is 1460. The number of nitrogens with one attached hydrogen (secondary N) is 2. The first-order valence-corrected chi connectivity index (χ1v) is 12.0. The molecule has 0 spiro atoms. The van der Waals surface area contributed by atoms with E-state index < -0.39 is 26.6 Å². The molecule has 1 heterocycles. The van der Waals surface area contributed by atoms with Crippen LogP contribution in [-0.4, -0.2) is 18.4 Å². The minimum Gasteiger partial charge on any atom is -0.348 e. The van der Waals surface area contributed by atoms with E-state index in [1.807, 2.05) is 31.2 Å². The molecule has 180 valence electrons. The minimum atomic E-state index is -4.26. The van der Waals surface area contributed by atoms with Crippen molar-refractivity contribution in [1.29, 1.82) is 0 Å². The van der Waals surface area contributed by atoms with Gasteiger partial charge in [-0.05, 0) is 66.4 Å². The SMILES string of the molecule is Cc1cc(-c2ccc([C@H](C)Nc3nccc(NS(=O)(=O)c4cc(F)cc(F)c4)n3)cc2)ccc1F. The number of hydrogen-bond acceptors (Lipinski definition) is 5. The van der Waals surface area contributed by atoms with E-state index in [2.05, 4.69) is 20.0 Å². The van der Waals surface area contributed by atoms with Crippen LogP contribution in [0.4, 0.5) is 24.9 Å². The maximum absolute atomic E-state index is 13.5. The predicted octanol–water partition coefficient (Wildman–Crippen LogP) is 5.84. The molecule has 35 heavy (non-hydrogen) atoms. The van der Waals surface area contributed by atoms with Crippen molar-refractivity contribution < 1.29 is 21.6 Å². The summed E-state index contributed by atoms with van der Waals surface area (Å²) in [4.78, 5) is 7.69. The fourth-order valence-corrected chi connectivity index (χ4v) is 4.47. The van der Waals surface area contributed by atoms with Crippen LogP contribution in [0.1, 0.15) is 24.1 Å². The Labute approximate surface area is 200 Å². The van der Waals surface area contributed by atoms with E-state index in [0.29, 0.717) is 23.8 Å². The number of aromatic nitrogens is 2. The van der Waals surface area contributed by atoms with Crippen LogP contribution in [-0.2, 0) is 10.0 Å². The molecule has 4 aromatic rings. The highest BCUT2D eigenvalue weighted by Crippen LogP contribution is 2.25. The molecule has 0 fully saturated rings. The Kier molecular flexibility index (Phi) is 6.74. The van der Waals surface area contributed by atoms with Gasteiger partial charge in [0, 0.05) is 12.3 Å². The Hall–Kier alpha value is -3.92. The lowest BCUT2D eigenvalue weighted by molar-refractivity contribution is 0.568. The van der Waals surface area contributed by atoms with Gasteiger partial charge < -0.3 is 5.32 Å². The molecule has 0 aliphatic rings. The van der Waals surface area contributed by atoms with Gasteiger partial charge in [-0.3, -0.25) is 4.72 Å². The summed E-state index contributed by atoms with van der Waals surface area (Å²) in [5, 5.41) is 3.09. The second-order valence-corrected chi connectivity index (χ2v) is 9.61. The van der Waals surface area contributed by atoms with Gasteiger partial charge >= 0.3 is 0 Å². The number of rotatable bonds is 7. The minimum absolute atomic E-state index is 0.0682. The first-order chi connectivity index (χ1) is 16.6. The molecule has 0 aliphatic heterocycles. The van der Waals surface area contributed by atoms with E-state index in [1.165, 1.54) is 18.3 Å². The lowest BCUT2D eigenvalue weighted by Gasteiger charge is -2.16. The number of nitrogens with zero attached hydrogens (tertiary/aromatic N) is 2. The van der Waals surface area contributed by atoms with Gasteiger partial charge in [0.25, 0.3) is 10.0 Å². The van der Waals surface area contributed by atoms with Crippen molar-refractivity contribution in [2.75, 3.05) is 10.0 Å². The van der Waals surface area contributed by atoms with E-state index in [-0.39, 0.29) is 23.6 Å². The summed E-state index contributed by atoms with van der Waals surface area (Å²) in [6, 6.07) is 15.7. The van der Waals surface area contributed by atoms with Crippen LogP contribution in [0.5, 0.6) is 0 Å². The average molecular weight is 499 g/mol. The van der Waals surface area contributed by atoms with Gasteiger partial charge in [-0.15, -0.1) is 0 Å². The summed E-state index contributed by atoms with van der Waals surface area (Å²) in [5.74, 6) is -2.19. The first kappa shape index (κ1) is 24.2. The summed E-state index contributed by atoms with van der Waals surface area (Å²) < 4.78 is 67.6. The van der Waals surface area contributed by atoms with Gasteiger partial charge in [0.15, 0.2) is 0 Å². The molecule has 0 unspecified atom stereocenters. The van der Waals surface area contributed by atoms with Crippen LogP contribution in [0.25, 0.3) is 11.1 Å². The maximum atomic E-state index is 13.5. The second kappa shape index (κ2) is 9.75. The van der Waals surface area contributed by atoms with Crippen LogP contribution < -0.4 is 10.0 Å². The molecular formula is C25H21F3N4O2S. The summed E-state index contributed by atoms with van der Waals surface area (Å²) in [6.07, 6.45) is 1.35. The molecule has 0 saturated heterocycles. The van der Waals surface area contributed by atoms with Crippen LogP contribution in [0.15, 0.2) is 77.8 Å².